The van der Waals surface area contributed by atoms with E-state index in [0.717, 1.165) is 37.7 Å². The van der Waals surface area contributed by atoms with Crippen LogP contribution in [0.15, 0.2) is 30.3 Å². The molecule has 1 atom stereocenters. The Labute approximate surface area is 141 Å². The molecule has 1 saturated heterocycles. The van der Waals surface area contributed by atoms with Crippen molar-refractivity contribution in [3.05, 3.63) is 41.6 Å². The van der Waals surface area contributed by atoms with E-state index in [-0.39, 0.29) is 6.03 Å². The summed E-state index contributed by atoms with van der Waals surface area (Å²) in [6.45, 7) is 7.55. The van der Waals surface area contributed by atoms with Crippen LogP contribution in [-0.4, -0.2) is 47.4 Å². The van der Waals surface area contributed by atoms with E-state index in [1.54, 1.807) is 6.07 Å². The zero-order valence-electron chi connectivity index (χ0n) is 14.0. The van der Waals surface area contributed by atoms with Crippen molar-refractivity contribution < 1.29 is 9.53 Å². The minimum absolute atomic E-state index is 0.310. The number of H-pyrrole nitrogens is 1. The lowest BCUT2D eigenvalue weighted by Gasteiger charge is -2.32. The van der Waals surface area contributed by atoms with Crippen LogP contribution in [0.5, 0.6) is 0 Å². The molecular formula is C17H23N5O2. The van der Waals surface area contributed by atoms with E-state index in [0.29, 0.717) is 11.9 Å². The lowest BCUT2D eigenvalue weighted by atomic mass is 10.1. The standard InChI is InChI=1S/C17H23N5O2/c1-12-11-16(21-20-12)19-17(23)18-15-5-3-14(4-6-15)13(2)22-7-9-24-10-8-22/h3-6,11,13H,7-10H2,1-2H3,(H3,18,19,20,21,23)/t13-/m1/s1. The molecule has 3 N–H and O–H groups in total. The fourth-order valence-electron chi connectivity index (χ4n) is 2.78. The van der Waals surface area contributed by atoms with Gasteiger partial charge in [0.25, 0.3) is 0 Å². The van der Waals surface area contributed by atoms with Crippen LogP contribution in [-0.2, 0) is 4.74 Å². The van der Waals surface area contributed by atoms with Gasteiger partial charge in [0.2, 0.25) is 0 Å². The van der Waals surface area contributed by atoms with Crippen molar-refractivity contribution in [3.63, 3.8) is 0 Å². The molecule has 0 saturated carbocycles. The van der Waals surface area contributed by atoms with Crippen molar-refractivity contribution in [2.75, 3.05) is 36.9 Å². The van der Waals surface area contributed by atoms with Crippen molar-refractivity contribution >= 4 is 17.5 Å². The molecule has 0 unspecified atom stereocenters. The Kier molecular flexibility index (Phi) is 5.12. The maximum atomic E-state index is 12.0. The Bertz CT molecular complexity index is 677. The van der Waals surface area contributed by atoms with Crippen molar-refractivity contribution in [2.24, 2.45) is 0 Å². The fraction of sp³-hybridized carbons (Fsp3) is 0.412. The second-order valence-corrected chi connectivity index (χ2v) is 5.96. The van der Waals surface area contributed by atoms with Crippen molar-refractivity contribution in [2.45, 2.75) is 19.9 Å². The third-order valence-electron chi connectivity index (χ3n) is 4.19. The van der Waals surface area contributed by atoms with Crippen molar-refractivity contribution in [3.8, 4) is 0 Å². The Morgan fingerprint density at radius 2 is 1.96 bits per heavy atom. The molecule has 1 aliphatic rings. The predicted octanol–water partition coefficient (Wildman–Crippen LogP) is 2.76. The number of aromatic nitrogens is 2. The number of carbonyl (C=O) groups is 1. The number of hydrogen-bond acceptors (Lipinski definition) is 4. The topological polar surface area (TPSA) is 82.3 Å². The molecular weight excluding hydrogens is 306 g/mol. The van der Waals surface area contributed by atoms with Gasteiger partial charge in [0, 0.05) is 36.6 Å². The first-order chi connectivity index (χ1) is 11.6. The fourth-order valence-corrected chi connectivity index (χ4v) is 2.78. The van der Waals surface area contributed by atoms with Crippen LogP contribution in [0.3, 0.4) is 0 Å². The number of carbonyl (C=O) groups excluding carboxylic acids is 1. The Hall–Kier alpha value is -2.38. The van der Waals surface area contributed by atoms with Crippen molar-refractivity contribution in [1.82, 2.24) is 15.1 Å². The molecule has 2 amide bonds. The van der Waals surface area contributed by atoms with Gasteiger partial charge in [-0.15, -0.1) is 0 Å². The third-order valence-corrected chi connectivity index (χ3v) is 4.19. The maximum absolute atomic E-state index is 12.0. The summed E-state index contributed by atoms with van der Waals surface area (Å²) < 4.78 is 5.40. The first kappa shape index (κ1) is 16.5. The molecule has 7 heteroatoms. The zero-order chi connectivity index (χ0) is 16.9. The number of rotatable bonds is 4. The second kappa shape index (κ2) is 7.46. The smallest absolute Gasteiger partial charge is 0.324 e. The number of aromatic amines is 1. The molecule has 2 aromatic rings. The molecule has 1 fully saturated rings. The highest BCUT2D eigenvalue weighted by atomic mass is 16.5. The summed E-state index contributed by atoms with van der Waals surface area (Å²) >= 11 is 0. The van der Waals surface area contributed by atoms with Gasteiger partial charge in [-0.05, 0) is 31.5 Å². The molecule has 1 aromatic heterocycles. The molecule has 128 valence electrons. The normalized spacial score (nSPS) is 16.6. The molecule has 3 rings (SSSR count). The largest absolute Gasteiger partial charge is 0.379 e. The number of benzene rings is 1. The Morgan fingerprint density at radius 1 is 1.25 bits per heavy atom. The SMILES string of the molecule is Cc1cc(NC(=O)Nc2ccc([C@@H](C)N3CCOCC3)cc2)n[nH]1. The number of hydrogen-bond donors (Lipinski definition) is 3. The quantitative estimate of drug-likeness (QED) is 0.805. The first-order valence-electron chi connectivity index (χ1n) is 8.13. The van der Waals surface area contributed by atoms with Gasteiger partial charge in [0.15, 0.2) is 5.82 Å². The van der Waals surface area contributed by atoms with E-state index in [1.165, 1.54) is 5.56 Å². The molecule has 2 heterocycles. The third kappa shape index (κ3) is 4.12. The summed E-state index contributed by atoms with van der Waals surface area (Å²) in [6.07, 6.45) is 0. The predicted molar refractivity (Wildman–Crippen MR) is 93.2 cm³/mol. The number of urea groups is 1. The zero-order valence-corrected chi connectivity index (χ0v) is 14.0. The number of anilines is 2. The van der Waals surface area contributed by atoms with E-state index in [9.17, 15) is 4.79 Å². The lowest BCUT2D eigenvalue weighted by molar-refractivity contribution is 0.0198. The summed E-state index contributed by atoms with van der Waals surface area (Å²) in [7, 11) is 0. The number of aryl methyl sites for hydroxylation is 1. The molecule has 1 aliphatic heterocycles. The van der Waals surface area contributed by atoms with Crippen LogP contribution in [0.4, 0.5) is 16.3 Å². The van der Waals surface area contributed by atoms with Gasteiger partial charge in [-0.25, -0.2) is 4.79 Å². The van der Waals surface area contributed by atoms with Crippen LogP contribution < -0.4 is 10.6 Å². The van der Waals surface area contributed by atoms with E-state index >= 15 is 0 Å². The maximum Gasteiger partial charge on any atom is 0.324 e. The second-order valence-electron chi connectivity index (χ2n) is 5.96. The van der Waals surface area contributed by atoms with Gasteiger partial charge in [-0.1, -0.05) is 12.1 Å². The van der Waals surface area contributed by atoms with Crippen LogP contribution >= 0.6 is 0 Å². The minimum atomic E-state index is -0.310. The molecule has 0 aliphatic carbocycles. The van der Waals surface area contributed by atoms with Gasteiger partial charge in [0.1, 0.15) is 0 Å². The summed E-state index contributed by atoms with van der Waals surface area (Å²) in [5.74, 6) is 0.502. The van der Waals surface area contributed by atoms with E-state index in [2.05, 4.69) is 44.8 Å². The minimum Gasteiger partial charge on any atom is -0.379 e. The van der Waals surface area contributed by atoms with Gasteiger partial charge < -0.3 is 10.1 Å². The number of morpholine rings is 1. The highest BCUT2D eigenvalue weighted by Crippen LogP contribution is 2.22. The summed E-state index contributed by atoms with van der Waals surface area (Å²) in [5, 5.41) is 12.3. The molecule has 0 bridgehead atoms. The van der Waals surface area contributed by atoms with Gasteiger partial charge in [-0.3, -0.25) is 15.3 Å². The molecule has 0 spiro atoms. The molecule has 24 heavy (non-hydrogen) atoms. The van der Waals surface area contributed by atoms with Gasteiger partial charge >= 0.3 is 6.03 Å². The average molecular weight is 329 g/mol. The van der Waals surface area contributed by atoms with Gasteiger partial charge in [-0.2, -0.15) is 5.10 Å². The Morgan fingerprint density at radius 3 is 2.58 bits per heavy atom. The van der Waals surface area contributed by atoms with Crippen LogP contribution in [0.1, 0.15) is 24.2 Å². The Balaban J connectivity index is 1.56. The highest BCUT2D eigenvalue weighted by Gasteiger charge is 2.18. The lowest BCUT2D eigenvalue weighted by Crippen LogP contribution is -2.38. The first-order valence-corrected chi connectivity index (χ1v) is 8.13. The van der Waals surface area contributed by atoms with Gasteiger partial charge in [0.05, 0.1) is 13.2 Å². The summed E-state index contributed by atoms with van der Waals surface area (Å²) in [5.41, 5.74) is 2.87. The number of nitrogens with one attached hydrogen (secondary N) is 3. The van der Waals surface area contributed by atoms with E-state index in [4.69, 9.17) is 4.74 Å². The van der Waals surface area contributed by atoms with Crippen LogP contribution in [0.25, 0.3) is 0 Å². The molecule has 0 radical (unpaired) electrons. The molecule has 7 nitrogen and oxygen atoms in total. The van der Waals surface area contributed by atoms with Crippen LogP contribution in [0, 0.1) is 6.92 Å². The van der Waals surface area contributed by atoms with E-state index < -0.39 is 0 Å². The van der Waals surface area contributed by atoms with Crippen molar-refractivity contribution in [1.29, 1.82) is 0 Å². The number of ether oxygens (including phenoxy) is 1. The number of amides is 2. The number of nitrogens with zero attached hydrogens (tertiary/aromatic N) is 2. The monoisotopic (exact) mass is 329 g/mol. The summed E-state index contributed by atoms with van der Waals surface area (Å²) in [4.78, 5) is 14.4. The van der Waals surface area contributed by atoms with Crippen LogP contribution in [0.2, 0.25) is 0 Å². The average Bonchev–Trinajstić information content (AvgIpc) is 3.00. The highest BCUT2D eigenvalue weighted by molar-refractivity contribution is 5.99. The molecule has 1 aromatic carbocycles. The van der Waals surface area contributed by atoms with E-state index in [1.807, 2.05) is 19.1 Å². The summed E-state index contributed by atoms with van der Waals surface area (Å²) in [6, 6.07) is 9.73.